The van der Waals surface area contributed by atoms with Gasteiger partial charge in [-0.2, -0.15) is 0 Å². The number of allylic oxidation sites excluding steroid dienone is 1. The number of hydrazine groups is 1. The predicted octanol–water partition coefficient (Wildman–Crippen LogP) is 0.340. The Morgan fingerprint density at radius 3 is 2.71 bits per heavy atom. The van der Waals surface area contributed by atoms with Gasteiger partial charge in [0.15, 0.2) is 0 Å². The van der Waals surface area contributed by atoms with E-state index in [1.807, 2.05) is 12.1 Å². The van der Waals surface area contributed by atoms with Crippen LogP contribution in [0.25, 0.3) is 0 Å². The first-order valence-electron chi connectivity index (χ1n) is 2.44. The van der Waals surface area contributed by atoms with E-state index in [4.69, 9.17) is 0 Å². The van der Waals surface area contributed by atoms with Gasteiger partial charge in [-0.15, -0.1) is 0 Å². The number of hydrogen-bond donors (Lipinski definition) is 1. The van der Waals surface area contributed by atoms with Crippen molar-refractivity contribution in [3.63, 3.8) is 0 Å². The largest absolute Gasteiger partial charge is 0.316 e. The van der Waals surface area contributed by atoms with Crippen LogP contribution >= 0.6 is 0 Å². The summed E-state index contributed by atoms with van der Waals surface area (Å²) in [4.78, 5) is 0. The highest BCUT2D eigenvalue weighted by Gasteiger charge is 2.01. The van der Waals surface area contributed by atoms with Crippen molar-refractivity contribution in [2.75, 3.05) is 13.6 Å². The average molecular weight is 98.1 g/mol. The van der Waals surface area contributed by atoms with Gasteiger partial charge in [-0.3, -0.25) is 0 Å². The molecule has 1 N–H and O–H groups in total. The Morgan fingerprint density at radius 1 is 1.86 bits per heavy atom. The van der Waals surface area contributed by atoms with Crippen LogP contribution in [0.5, 0.6) is 0 Å². The van der Waals surface area contributed by atoms with Gasteiger partial charge in [-0.25, -0.2) is 5.43 Å². The molecule has 0 amide bonds. The van der Waals surface area contributed by atoms with Crippen molar-refractivity contribution in [2.24, 2.45) is 0 Å². The standard InChI is InChI=1S/C5H10N2/c1-5-3-4-6-7(5)2/h3,6H,4H2,1-2H3. The molecule has 0 saturated heterocycles. The molecule has 0 radical (unpaired) electrons. The van der Waals surface area contributed by atoms with Crippen molar-refractivity contribution >= 4 is 0 Å². The van der Waals surface area contributed by atoms with E-state index in [9.17, 15) is 0 Å². The molecule has 1 rings (SSSR count). The summed E-state index contributed by atoms with van der Waals surface area (Å²) < 4.78 is 0. The Morgan fingerprint density at radius 2 is 2.57 bits per heavy atom. The van der Waals surface area contributed by atoms with Gasteiger partial charge >= 0.3 is 0 Å². The summed E-state index contributed by atoms with van der Waals surface area (Å²) in [7, 11) is 2.01. The van der Waals surface area contributed by atoms with Gasteiger partial charge in [0.1, 0.15) is 0 Å². The summed E-state index contributed by atoms with van der Waals surface area (Å²) in [5.41, 5.74) is 4.42. The first-order valence-corrected chi connectivity index (χ1v) is 2.44. The molecule has 0 atom stereocenters. The quantitative estimate of drug-likeness (QED) is 0.470. The number of hydrogen-bond acceptors (Lipinski definition) is 2. The third kappa shape index (κ3) is 0.747. The summed E-state index contributed by atoms with van der Waals surface area (Å²) in [6, 6.07) is 0. The van der Waals surface area contributed by atoms with Crippen molar-refractivity contribution in [3.8, 4) is 0 Å². The highest BCUT2D eigenvalue weighted by Crippen LogP contribution is 1.99. The summed E-state index contributed by atoms with van der Waals surface area (Å²) in [5.74, 6) is 0. The Hall–Kier alpha value is -0.500. The lowest BCUT2D eigenvalue weighted by molar-refractivity contribution is 0.346. The van der Waals surface area contributed by atoms with E-state index in [2.05, 4.69) is 18.4 Å². The zero-order valence-corrected chi connectivity index (χ0v) is 4.73. The highest BCUT2D eigenvalue weighted by atomic mass is 15.5. The van der Waals surface area contributed by atoms with Gasteiger partial charge in [0.25, 0.3) is 0 Å². The van der Waals surface area contributed by atoms with E-state index in [0.29, 0.717) is 0 Å². The van der Waals surface area contributed by atoms with Crippen LogP contribution < -0.4 is 5.43 Å². The van der Waals surface area contributed by atoms with Crippen molar-refractivity contribution < 1.29 is 0 Å². The maximum atomic E-state index is 3.11. The Bertz CT molecular complexity index is 96.3. The molecule has 40 valence electrons. The minimum absolute atomic E-state index is 0.988. The van der Waals surface area contributed by atoms with Crippen LogP contribution in [0.3, 0.4) is 0 Å². The Balaban J connectivity index is 2.54. The third-order valence-electron chi connectivity index (χ3n) is 1.25. The second kappa shape index (κ2) is 1.54. The minimum Gasteiger partial charge on any atom is -0.316 e. The molecule has 1 heterocycles. The molecule has 1 aliphatic rings. The van der Waals surface area contributed by atoms with E-state index < -0.39 is 0 Å². The summed E-state index contributed by atoms with van der Waals surface area (Å²) in [5, 5.41) is 2.01. The first-order chi connectivity index (χ1) is 3.30. The van der Waals surface area contributed by atoms with Gasteiger partial charge in [0.2, 0.25) is 0 Å². The van der Waals surface area contributed by atoms with Crippen LogP contribution in [0, 0.1) is 0 Å². The second-order valence-electron chi connectivity index (χ2n) is 1.77. The molecule has 7 heavy (non-hydrogen) atoms. The molecule has 0 bridgehead atoms. The Labute approximate surface area is 43.8 Å². The lowest BCUT2D eigenvalue weighted by Crippen LogP contribution is -2.26. The number of nitrogens with one attached hydrogen (secondary N) is 1. The van der Waals surface area contributed by atoms with Gasteiger partial charge in [0.05, 0.1) is 0 Å². The molecule has 0 saturated carbocycles. The lowest BCUT2D eigenvalue weighted by Gasteiger charge is -2.11. The van der Waals surface area contributed by atoms with Crippen LogP contribution in [0.4, 0.5) is 0 Å². The van der Waals surface area contributed by atoms with Crippen molar-refractivity contribution in [3.05, 3.63) is 11.8 Å². The average Bonchev–Trinajstić information content (AvgIpc) is 1.91. The molecule has 0 aliphatic carbocycles. The fraction of sp³-hybridized carbons (Fsp3) is 0.600. The van der Waals surface area contributed by atoms with Gasteiger partial charge in [-0.1, -0.05) is 0 Å². The molecule has 2 nitrogen and oxygen atoms in total. The van der Waals surface area contributed by atoms with Crippen LogP contribution in [0.1, 0.15) is 6.92 Å². The highest BCUT2D eigenvalue weighted by molar-refractivity contribution is 5.01. The van der Waals surface area contributed by atoms with Crippen molar-refractivity contribution in [1.82, 2.24) is 10.4 Å². The molecule has 2 heteroatoms. The minimum atomic E-state index is 0.988. The lowest BCUT2D eigenvalue weighted by atomic mass is 10.5. The maximum absolute atomic E-state index is 3.11. The van der Waals surface area contributed by atoms with Gasteiger partial charge in [-0.05, 0) is 13.0 Å². The topological polar surface area (TPSA) is 15.3 Å². The zero-order chi connectivity index (χ0) is 5.28. The van der Waals surface area contributed by atoms with Gasteiger partial charge < -0.3 is 5.01 Å². The van der Waals surface area contributed by atoms with Crippen molar-refractivity contribution in [2.45, 2.75) is 6.92 Å². The van der Waals surface area contributed by atoms with Crippen LogP contribution in [-0.2, 0) is 0 Å². The SMILES string of the molecule is CC1=CCNN1C. The molecule has 0 aromatic rings. The summed E-state index contributed by atoms with van der Waals surface area (Å²) in [6.45, 7) is 3.07. The predicted molar refractivity (Wildman–Crippen MR) is 29.5 cm³/mol. The van der Waals surface area contributed by atoms with Crippen LogP contribution in [0.2, 0.25) is 0 Å². The monoisotopic (exact) mass is 98.1 g/mol. The smallest absolute Gasteiger partial charge is 0.0350 e. The molecular formula is C5H10N2. The normalized spacial score (nSPS) is 20.3. The summed E-state index contributed by atoms with van der Waals surface area (Å²) >= 11 is 0. The Kier molecular flexibility index (Phi) is 1.02. The molecular weight excluding hydrogens is 88.1 g/mol. The second-order valence-corrected chi connectivity index (χ2v) is 1.77. The number of nitrogens with zero attached hydrogens (tertiary/aromatic N) is 1. The summed E-state index contributed by atoms with van der Waals surface area (Å²) in [6.07, 6.45) is 2.15. The van der Waals surface area contributed by atoms with Crippen molar-refractivity contribution in [1.29, 1.82) is 0 Å². The van der Waals surface area contributed by atoms with E-state index >= 15 is 0 Å². The van der Waals surface area contributed by atoms with E-state index in [0.717, 1.165) is 6.54 Å². The molecule has 0 aromatic carbocycles. The zero-order valence-electron chi connectivity index (χ0n) is 4.73. The maximum Gasteiger partial charge on any atom is 0.0350 e. The van der Waals surface area contributed by atoms with E-state index in [1.165, 1.54) is 5.70 Å². The van der Waals surface area contributed by atoms with E-state index in [-0.39, 0.29) is 0 Å². The number of rotatable bonds is 0. The van der Waals surface area contributed by atoms with E-state index in [1.54, 1.807) is 0 Å². The first kappa shape index (κ1) is 4.65. The van der Waals surface area contributed by atoms with Crippen LogP contribution in [-0.4, -0.2) is 18.6 Å². The molecule has 0 spiro atoms. The molecule has 0 aromatic heterocycles. The molecule has 0 unspecified atom stereocenters. The fourth-order valence-electron chi connectivity index (χ4n) is 0.592. The van der Waals surface area contributed by atoms with Gasteiger partial charge in [0, 0.05) is 19.3 Å². The fourth-order valence-corrected chi connectivity index (χ4v) is 0.592. The third-order valence-corrected chi connectivity index (χ3v) is 1.25. The molecule has 1 aliphatic heterocycles. The van der Waals surface area contributed by atoms with Crippen LogP contribution in [0.15, 0.2) is 11.8 Å². The molecule has 0 fully saturated rings.